The molecular formula is C18H27N3O3. The smallest absolute Gasteiger partial charge is 0.407 e. The zero-order valence-electron chi connectivity index (χ0n) is 14.7. The van der Waals surface area contributed by atoms with Crippen molar-refractivity contribution < 1.29 is 14.3 Å². The van der Waals surface area contributed by atoms with Gasteiger partial charge >= 0.3 is 6.09 Å². The normalized spacial score (nSPS) is 17.3. The zero-order chi connectivity index (χ0) is 17.5. The Labute approximate surface area is 143 Å². The molecule has 1 N–H and O–H groups in total. The second-order valence-corrected chi connectivity index (χ2v) is 6.02. The second kappa shape index (κ2) is 8.57. The summed E-state index contributed by atoms with van der Waals surface area (Å²) in [6, 6.07) is 7.62. The molecule has 6 heteroatoms. The number of carbonyl (C=O) groups excluding carboxylic acids is 2. The second-order valence-electron chi connectivity index (χ2n) is 6.02. The monoisotopic (exact) mass is 333 g/mol. The van der Waals surface area contributed by atoms with Gasteiger partial charge in [-0.25, -0.2) is 4.79 Å². The maximum Gasteiger partial charge on any atom is 0.407 e. The molecular weight excluding hydrogens is 306 g/mol. The van der Waals surface area contributed by atoms with E-state index in [-0.39, 0.29) is 11.9 Å². The molecule has 2 rings (SSSR count). The Morgan fingerprint density at radius 3 is 2.62 bits per heavy atom. The first-order valence-electron chi connectivity index (χ1n) is 8.58. The molecule has 24 heavy (non-hydrogen) atoms. The van der Waals surface area contributed by atoms with Crippen LogP contribution in [0.3, 0.4) is 0 Å². The van der Waals surface area contributed by atoms with E-state index in [1.807, 2.05) is 31.3 Å². The minimum Gasteiger partial charge on any atom is -0.450 e. The topological polar surface area (TPSA) is 61.9 Å². The van der Waals surface area contributed by atoms with Crippen molar-refractivity contribution in [3.63, 3.8) is 0 Å². The molecule has 1 aliphatic heterocycles. The number of alkyl carbamates (subject to hydrolysis) is 1. The third-order valence-corrected chi connectivity index (χ3v) is 4.34. The minimum atomic E-state index is -0.413. The van der Waals surface area contributed by atoms with E-state index in [4.69, 9.17) is 4.74 Å². The highest BCUT2D eigenvalue weighted by Gasteiger charge is 2.25. The van der Waals surface area contributed by atoms with Gasteiger partial charge in [0.2, 0.25) is 0 Å². The summed E-state index contributed by atoms with van der Waals surface area (Å²) in [6.07, 6.45) is 1.33. The number of nitrogens with zero attached hydrogens (tertiary/aromatic N) is 2. The van der Waals surface area contributed by atoms with Gasteiger partial charge < -0.3 is 19.9 Å². The van der Waals surface area contributed by atoms with Crippen LogP contribution < -0.4 is 10.2 Å². The van der Waals surface area contributed by atoms with Crippen molar-refractivity contribution >= 4 is 17.7 Å². The van der Waals surface area contributed by atoms with Gasteiger partial charge in [-0.2, -0.15) is 0 Å². The Morgan fingerprint density at radius 2 is 2.00 bits per heavy atom. The lowest BCUT2D eigenvalue weighted by Crippen LogP contribution is -2.49. The summed E-state index contributed by atoms with van der Waals surface area (Å²) in [5, 5.41) is 2.83. The fraction of sp³-hybridized carbons (Fsp3) is 0.556. The number of anilines is 1. The number of amides is 2. The van der Waals surface area contributed by atoms with Crippen LogP contribution in [-0.2, 0) is 4.74 Å². The molecule has 0 unspecified atom stereocenters. The Bertz CT molecular complexity index is 559. The van der Waals surface area contributed by atoms with Crippen molar-refractivity contribution in [2.45, 2.75) is 32.7 Å². The summed E-state index contributed by atoms with van der Waals surface area (Å²) in [6.45, 7) is 6.37. The first kappa shape index (κ1) is 18.1. The highest BCUT2D eigenvalue weighted by atomic mass is 16.5. The van der Waals surface area contributed by atoms with Crippen molar-refractivity contribution in [3.05, 3.63) is 29.8 Å². The van der Waals surface area contributed by atoms with Gasteiger partial charge in [-0.1, -0.05) is 0 Å². The number of benzene rings is 1. The average molecular weight is 333 g/mol. The SMILES string of the molecule is CCOC(=O)N[C@@H]1CCCN(C(=O)c2ccc(N(C)CC)cc2)C1. The van der Waals surface area contributed by atoms with Crippen molar-refractivity contribution in [2.24, 2.45) is 0 Å². The van der Waals surface area contributed by atoms with E-state index in [1.165, 1.54) is 0 Å². The van der Waals surface area contributed by atoms with E-state index in [1.54, 1.807) is 11.8 Å². The molecule has 0 saturated carbocycles. The van der Waals surface area contributed by atoms with Gasteiger partial charge in [-0.05, 0) is 51.0 Å². The van der Waals surface area contributed by atoms with Crippen LogP contribution in [0.25, 0.3) is 0 Å². The Balaban J connectivity index is 1.97. The summed E-state index contributed by atoms with van der Waals surface area (Å²) in [4.78, 5) is 28.1. The third-order valence-electron chi connectivity index (χ3n) is 4.34. The number of carbonyl (C=O) groups is 2. The summed E-state index contributed by atoms with van der Waals surface area (Å²) >= 11 is 0. The van der Waals surface area contributed by atoms with Gasteiger partial charge in [0.25, 0.3) is 5.91 Å². The Morgan fingerprint density at radius 1 is 1.29 bits per heavy atom. The molecule has 0 aromatic heterocycles. The maximum atomic E-state index is 12.7. The summed E-state index contributed by atoms with van der Waals surface area (Å²) in [5.74, 6) is 0.0102. The number of hydrogen-bond acceptors (Lipinski definition) is 4. The molecule has 132 valence electrons. The lowest BCUT2D eigenvalue weighted by molar-refractivity contribution is 0.0686. The minimum absolute atomic E-state index is 0.0102. The molecule has 0 aliphatic carbocycles. The third kappa shape index (κ3) is 4.63. The molecule has 0 bridgehead atoms. The first-order chi connectivity index (χ1) is 11.5. The summed E-state index contributed by atoms with van der Waals surface area (Å²) in [7, 11) is 2.02. The van der Waals surface area contributed by atoms with Gasteiger partial charge in [0.05, 0.1) is 6.61 Å². The molecule has 1 aromatic rings. The number of likely N-dealkylation sites (tertiary alicyclic amines) is 1. The molecule has 1 saturated heterocycles. The standard InChI is InChI=1S/C18H27N3O3/c1-4-20(3)16-10-8-14(9-11-16)17(22)21-12-6-7-15(13-21)19-18(23)24-5-2/h8-11,15H,4-7,12-13H2,1-3H3,(H,19,23)/t15-/m1/s1. The van der Waals surface area contributed by atoms with Crippen LogP contribution in [0.2, 0.25) is 0 Å². The molecule has 1 atom stereocenters. The van der Waals surface area contributed by atoms with Gasteiger partial charge in [0.1, 0.15) is 0 Å². The molecule has 1 aromatic carbocycles. The van der Waals surface area contributed by atoms with Crippen LogP contribution in [-0.4, -0.2) is 56.2 Å². The first-order valence-corrected chi connectivity index (χ1v) is 8.58. The van der Waals surface area contributed by atoms with Crippen molar-refractivity contribution in [2.75, 3.05) is 38.2 Å². The quantitative estimate of drug-likeness (QED) is 0.899. The van der Waals surface area contributed by atoms with E-state index < -0.39 is 6.09 Å². The molecule has 0 radical (unpaired) electrons. The zero-order valence-corrected chi connectivity index (χ0v) is 14.7. The van der Waals surface area contributed by atoms with Crippen LogP contribution in [0, 0.1) is 0 Å². The van der Waals surface area contributed by atoms with Gasteiger partial charge in [0, 0.05) is 44.0 Å². The van der Waals surface area contributed by atoms with E-state index in [0.29, 0.717) is 18.7 Å². The van der Waals surface area contributed by atoms with Crippen LogP contribution in [0.1, 0.15) is 37.0 Å². The molecule has 1 aliphatic rings. The highest BCUT2D eigenvalue weighted by Crippen LogP contribution is 2.17. The van der Waals surface area contributed by atoms with E-state index in [9.17, 15) is 9.59 Å². The number of ether oxygens (including phenoxy) is 1. The van der Waals surface area contributed by atoms with Crippen LogP contribution in [0.4, 0.5) is 10.5 Å². The largest absolute Gasteiger partial charge is 0.450 e. The fourth-order valence-electron chi connectivity index (χ4n) is 2.84. The van der Waals surface area contributed by atoms with Gasteiger partial charge in [0.15, 0.2) is 0 Å². The Hall–Kier alpha value is -2.24. The number of piperidine rings is 1. The molecule has 6 nitrogen and oxygen atoms in total. The van der Waals surface area contributed by atoms with Crippen molar-refractivity contribution in [1.29, 1.82) is 0 Å². The number of hydrogen-bond donors (Lipinski definition) is 1. The van der Waals surface area contributed by atoms with E-state index in [2.05, 4.69) is 17.1 Å². The summed E-state index contributed by atoms with van der Waals surface area (Å²) < 4.78 is 4.91. The predicted molar refractivity (Wildman–Crippen MR) is 94.5 cm³/mol. The van der Waals surface area contributed by atoms with Crippen LogP contribution in [0.5, 0.6) is 0 Å². The summed E-state index contributed by atoms with van der Waals surface area (Å²) in [5.41, 5.74) is 1.77. The van der Waals surface area contributed by atoms with Crippen LogP contribution in [0.15, 0.2) is 24.3 Å². The van der Waals surface area contributed by atoms with Crippen molar-refractivity contribution in [1.82, 2.24) is 10.2 Å². The molecule has 0 spiro atoms. The molecule has 1 fully saturated rings. The van der Waals surface area contributed by atoms with Gasteiger partial charge in [-0.15, -0.1) is 0 Å². The maximum absolute atomic E-state index is 12.7. The fourth-order valence-corrected chi connectivity index (χ4v) is 2.84. The highest BCUT2D eigenvalue weighted by molar-refractivity contribution is 5.94. The molecule has 1 heterocycles. The van der Waals surface area contributed by atoms with Gasteiger partial charge in [-0.3, -0.25) is 4.79 Å². The van der Waals surface area contributed by atoms with Crippen LogP contribution >= 0.6 is 0 Å². The van der Waals surface area contributed by atoms with Crippen molar-refractivity contribution in [3.8, 4) is 0 Å². The predicted octanol–water partition coefficient (Wildman–Crippen LogP) is 2.49. The number of nitrogens with one attached hydrogen (secondary N) is 1. The lowest BCUT2D eigenvalue weighted by atomic mass is 10.0. The van der Waals surface area contributed by atoms with E-state index >= 15 is 0 Å². The Kier molecular flexibility index (Phi) is 6.46. The number of rotatable bonds is 5. The van der Waals surface area contributed by atoms with E-state index in [0.717, 1.165) is 31.6 Å². The lowest BCUT2D eigenvalue weighted by Gasteiger charge is -2.33. The molecule has 2 amide bonds. The average Bonchev–Trinajstić information content (AvgIpc) is 2.61.